The van der Waals surface area contributed by atoms with Gasteiger partial charge in [0.15, 0.2) is 6.61 Å². The van der Waals surface area contributed by atoms with Gasteiger partial charge in [-0.2, -0.15) is 0 Å². The van der Waals surface area contributed by atoms with Gasteiger partial charge in [0, 0.05) is 37.5 Å². The van der Waals surface area contributed by atoms with Crippen LogP contribution >= 0.6 is 11.6 Å². The molecule has 2 heterocycles. The highest BCUT2D eigenvalue weighted by Crippen LogP contribution is 2.30. The predicted molar refractivity (Wildman–Crippen MR) is 122 cm³/mol. The lowest BCUT2D eigenvalue weighted by molar-refractivity contribution is -0.132. The Hall–Kier alpha value is -2.61. The summed E-state index contributed by atoms with van der Waals surface area (Å²) in [6, 6.07) is 15.3. The lowest BCUT2D eigenvalue weighted by atomic mass is 9.96. The van der Waals surface area contributed by atoms with E-state index in [2.05, 4.69) is 22.8 Å². The van der Waals surface area contributed by atoms with Crippen molar-refractivity contribution < 1.29 is 14.3 Å². The Morgan fingerprint density at radius 1 is 1.26 bits per heavy atom. The average molecular weight is 443 g/mol. The Balaban J connectivity index is 1.47. The van der Waals surface area contributed by atoms with Gasteiger partial charge in [-0.05, 0) is 36.2 Å². The van der Waals surface area contributed by atoms with E-state index in [9.17, 15) is 4.79 Å². The first-order valence-corrected chi connectivity index (χ1v) is 10.8. The van der Waals surface area contributed by atoms with Gasteiger partial charge in [0.05, 0.1) is 18.7 Å². The number of carbonyl (C=O) groups excluding carboxylic acids is 1. The number of hydrogen-bond acceptors (Lipinski definition) is 5. The second kappa shape index (κ2) is 9.68. The maximum atomic E-state index is 12.9. The fraction of sp³-hybridized carbons (Fsp3) is 0.391. The summed E-state index contributed by atoms with van der Waals surface area (Å²) < 4.78 is 10.8. The molecule has 7 nitrogen and oxygen atoms in total. The molecule has 0 radical (unpaired) electrons. The molecule has 1 fully saturated rings. The van der Waals surface area contributed by atoms with Crippen LogP contribution < -0.4 is 15.4 Å². The normalized spacial score (nSPS) is 21.6. The number of amides is 1. The summed E-state index contributed by atoms with van der Waals surface area (Å²) in [5, 5.41) is 7.77. The number of nitrogens with one attached hydrogen (secondary N) is 2. The molecule has 0 aliphatic carbocycles. The number of amidine groups is 1. The van der Waals surface area contributed by atoms with Crippen molar-refractivity contribution in [3.8, 4) is 5.75 Å². The van der Waals surface area contributed by atoms with Crippen molar-refractivity contribution in [1.29, 1.82) is 0 Å². The van der Waals surface area contributed by atoms with Crippen molar-refractivity contribution in [3.05, 3.63) is 59.1 Å². The van der Waals surface area contributed by atoms with E-state index in [4.69, 9.17) is 26.1 Å². The number of halogens is 1. The minimum absolute atomic E-state index is 0.0276. The third-order valence-electron chi connectivity index (χ3n) is 5.69. The molecule has 2 aromatic rings. The minimum atomic E-state index is -0.432. The Morgan fingerprint density at radius 3 is 2.97 bits per heavy atom. The molecule has 2 aromatic carbocycles. The standard InChI is InChI=1S/C23H27ClN4O3/c1-30-12-10-25-22-23(26-14-17-5-2-3-8-20(17)27-22)9-11-28(16-23)21(29)15-31-19-7-4-6-18(24)13-19/h2-8,13,26H,9-12,14-16H2,1H3,(H,25,27)/t23-/m0/s1. The van der Waals surface area contributed by atoms with Crippen molar-refractivity contribution in [2.24, 2.45) is 4.99 Å². The summed E-state index contributed by atoms with van der Waals surface area (Å²) in [6.07, 6.45) is 0.767. The number of anilines is 1. The Labute approximate surface area is 187 Å². The van der Waals surface area contributed by atoms with Crippen LogP contribution in [0, 0.1) is 0 Å². The Bertz CT molecular complexity index is 967. The predicted octanol–water partition coefficient (Wildman–Crippen LogP) is 2.95. The first-order valence-electron chi connectivity index (χ1n) is 10.4. The van der Waals surface area contributed by atoms with E-state index in [1.165, 1.54) is 5.56 Å². The lowest BCUT2D eigenvalue weighted by Gasteiger charge is -2.30. The number of nitrogens with zero attached hydrogens (tertiary/aromatic N) is 2. The van der Waals surface area contributed by atoms with Crippen LogP contribution in [-0.4, -0.2) is 62.1 Å². The highest BCUT2D eigenvalue weighted by atomic mass is 35.5. The quantitative estimate of drug-likeness (QED) is 0.673. The molecule has 1 amide bonds. The molecule has 1 atom stereocenters. The summed E-state index contributed by atoms with van der Waals surface area (Å²) >= 11 is 5.99. The topological polar surface area (TPSA) is 75.2 Å². The molecule has 0 saturated carbocycles. The monoisotopic (exact) mass is 442 g/mol. The fourth-order valence-corrected chi connectivity index (χ4v) is 4.16. The van der Waals surface area contributed by atoms with Gasteiger partial charge in [-0.1, -0.05) is 35.9 Å². The van der Waals surface area contributed by atoms with E-state index in [1.807, 2.05) is 17.0 Å². The van der Waals surface area contributed by atoms with Crippen LogP contribution in [0.25, 0.3) is 0 Å². The van der Waals surface area contributed by atoms with Gasteiger partial charge in [0.1, 0.15) is 11.6 Å². The number of carbonyl (C=O) groups is 1. The van der Waals surface area contributed by atoms with Crippen molar-refractivity contribution in [2.75, 3.05) is 45.3 Å². The number of rotatable bonds is 6. The van der Waals surface area contributed by atoms with Crippen LogP contribution in [0.5, 0.6) is 5.75 Å². The molecule has 0 aromatic heterocycles. The van der Waals surface area contributed by atoms with Crippen LogP contribution in [0.15, 0.2) is 53.5 Å². The van der Waals surface area contributed by atoms with Crippen LogP contribution in [-0.2, 0) is 16.1 Å². The smallest absolute Gasteiger partial charge is 0.260 e. The Morgan fingerprint density at radius 2 is 2.13 bits per heavy atom. The van der Waals surface area contributed by atoms with E-state index in [1.54, 1.807) is 31.4 Å². The summed E-state index contributed by atoms with van der Waals surface area (Å²) in [6.45, 7) is 2.92. The maximum Gasteiger partial charge on any atom is 0.260 e. The van der Waals surface area contributed by atoms with Crippen LogP contribution in [0.3, 0.4) is 0 Å². The number of benzene rings is 2. The zero-order valence-corrected chi connectivity index (χ0v) is 18.3. The number of likely N-dealkylation sites (tertiary alicyclic amines) is 1. The molecule has 0 bridgehead atoms. The van der Waals surface area contributed by atoms with Gasteiger partial charge >= 0.3 is 0 Å². The Kier molecular flexibility index (Phi) is 6.75. The van der Waals surface area contributed by atoms with Crippen molar-refractivity contribution >= 4 is 29.0 Å². The number of hydrogen-bond donors (Lipinski definition) is 2. The zero-order valence-electron chi connectivity index (χ0n) is 17.6. The molecule has 2 aliphatic heterocycles. The SMILES string of the molecule is COCCN=C1Nc2ccccc2CN[C@]12CCN(C(=O)COc1cccc(Cl)c1)C2. The highest BCUT2D eigenvalue weighted by Gasteiger charge is 2.45. The first-order chi connectivity index (χ1) is 15.1. The van der Waals surface area contributed by atoms with E-state index < -0.39 is 5.54 Å². The lowest BCUT2D eigenvalue weighted by Crippen LogP contribution is -2.55. The van der Waals surface area contributed by atoms with Gasteiger partial charge in [-0.25, -0.2) is 0 Å². The third-order valence-corrected chi connectivity index (χ3v) is 5.92. The molecule has 1 spiro atoms. The van der Waals surface area contributed by atoms with Crippen molar-refractivity contribution in [2.45, 2.75) is 18.5 Å². The number of fused-ring (bicyclic) bond motifs is 1. The first kappa shape index (κ1) is 21.6. The van der Waals surface area contributed by atoms with E-state index >= 15 is 0 Å². The van der Waals surface area contributed by atoms with E-state index in [0.717, 1.165) is 17.9 Å². The number of para-hydroxylation sites is 1. The van der Waals surface area contributed by atoms with Crippen molar-refractivity contribution in [3.63, 3.8) is 0 Å². The minimum Gasteiger partial charge on any atom is -0.484 e. The maximum absolute atomic E-state index is 12.9. The van der Waals surface area contributed by atoms with E-state index in [-0.39, 0.29) is 12.5 Å². The largest absolute Gasteiger partial charge is 0.484 e. The van der Waals surface area contributed by atoms with Gasteiger partial charge in [-0.15, -0.1) is 0 Å². The molecule has 2 aliphatic rings. The molecule has 2 N–H and O–H groups in total. The summed E-state index contributed by atoms with van der Waals surface area (Å²) in [5.74, 6) is 1.37. The summed E-state index contributed by atoms with van der Waals surface area (Å²) in [7, 11) is 1.67. The number of ether oxygens (including phenoxy) is 2. The summed E-state index contributed by atoms with van der Waals surface area (Å²) in [5.41, 5.74) is 1.78. The molecule has 164 valence electrons. The molecule has 31 heavy (non-hydrogen) atoms. The second-order valence-electron chi connectivity index (χ2n) is 7.75. The third kappa shape index (κ3) is 5.01. The zero-order chi connectivity index (χ0) is 21.7. The molecule has 4 rings (SSSR count). The van der Waals surface area contributed by atoms with Crippen LogP contribution in [0.1, 0.15) is 12.0 Å². The average Bonchev–Trinajstić information content (AvgIpc) is 3.15. The highest BCUT2D eigenvalue weighted by molar-refractivity contribution is 6.30. The van der Waals surface area contributed by atoms with Crippen molar-refractivity contribution in [1.82, 2.24) is 10.2 Å². The molecular weight excluding hydrogens is 416 g/mol. The number of methoxy groups -OCH3 is 1. The summed E-state index contributed by atoms with van der Waals surface area (Å²) in [4.78, 5) is 19.5. The van der Waals surface area contributed by atoms with Crippen LogP contribution in [0.4, 0.5) is 5.69 Å². The van der Waals surface area contributed by atoms with E-state index in [0.29, 0.717) is 43.6 Å². The molecule has 8 heteroatoms. The van der Waals surface area contributed by atoms with Gasteiger partial charge in [-0.3, -0.25) is 15.1 Å². The molecular formula is C23H27ClN4O3. The fourth-order valence-electron chi connectivity index (χ4n) is 3.98. The van der Waals surface area contributed by atoms with Gasteiger partial charge in [0.2, 0.25) is 0 Å². The number of aliphatic imine (C=N–C) groups is 1. The van der Waals surface area contributed by atoms with Gasteiger partial charge in [0.25, 0.3) is 5.91 Å². The van der Waals surface area contributed by atoms with Crippen LogP contribution in [0.2, 0.25) is 5.02 Å². The second-order valence-corrected chi connectivity index (χ2v) is 8.19. The van der Waals surface area contributed by atoms with Gasteiger partial charge < -0.3 is 19.7 Å². The molecule has 1 saturated heterocycles. The molecule has 0 unspecified atom stereocenters.